The topological polar surface area (TPSA) is 104 Å². The number of rotatable bonds is 0. The van der Waals surface area contributed by atoms with Crippen LogP contribution in [0.4, 0.5) is 0 Å². The van der Waals surface area contributed by atoms with Crippen molar-refractivity contribution in [2.75, 3.05) is 0 Å². The average molecular weight is 225 g/mol. The van der Waals surface area contributed by atoms with Crippen LogP contribution in [-0.4, -0.2) is 11.9 Å². The Labute approximate surface area is 77.7 Å². The number of carbonyl (C=O) groups is 2. The van der Waals surface area contributed by atoms with Gasteiger partial charge < -0.3 is 31.6 Å². The van der Waals surface area contributed by atoms with Crippen LogP contribution in [0.25, 0.3) is 0 Å². The minimum absolute atomic E-state index is 0. The molecule has 0 heterocycles. The molecular formula is C3CrNNiO4+. The molecule has 0 fully saturated rings. The van der Waals surface area contributed by atoms with Gasteiger partial charge in [0.15, 0.2) is 0 Å². The Morgan fingerprint density at radius 1 is 1.10 bits per heavy atom. The van der Waals surface area contributed by atoms with Gasteiger partial charge in [0.2, 0.25) is 0 Å². The molecule has 0 atom stereocenters. The molecule has 5 nitrogen and oxygen atoms in total. The molecule has 0 saturated heterocycles. The molecule has 0 aliphatic rings. The van der Waals surface area contributed by atoms with E-state index in [1.54, 1.807) is 0 Å². The Bertz CT molecular complexity index is 113. The number of carboxylic acid groups (broad SMARTS) is 2. The van der Waals surface area contributed by atoms with E-state index < -0.39 is 11.9 Å². The number of aliphatic carboxylic acids is 2. The first kappa shape index (κ1) is 22.7. The van der Waals surface area contributed by atoms with Gasteiger partial charge in [0.05, 0.1) is 11.9 Å². The molecule has 0 N–H and O–H groups in total. The third kappa shape index (κ3) is 26.0. The zero-order valence-corrected chi connectivity index (χ0v) is 6.57. The van der Waals surface area contributed by atoms with Crippen LogP contribution in [0, 0.1) is 11.8 Å². The summed E-state index contributed by atoms with van der Waals surface area (Å²) in [5.41, 5.74) is 0. The molecule has 0 spiro atoms. The Kier molecular flexibility index (Phi) is 35.9. The minimum atomic E-state index is -2.19. The van der Waals surface area contributed by atoms with Crippen molar-refractivity contribution in [1.82, 2.24) is 0 Å². The maximum absolute atomic E-state index is 8.93. The normalized spacial score (nSPS) is 4.60. The van der Waals surface area contributed by atoms with Crippen LogP contribution in [-0.2, 0) is 43.4 Å². The molecule has 0 amide bonds. The number of nitrogens with zero attached hydrogens (tertiary/aromatic N) is 1. The summed E-state index contributed by atoms with van der Waals surface area (Å²) in [7, 11) is 0. The van der Waals surface area contributed by atoms with Crippen molar-refractivity contribution in [3.63, 3.8) is 0 Å². The van der Waals surface area contributed by atoms with E-state index >= 15 is 0 Å². The predicted molar refractivity (Wildman–Crippen MR) is 15.0 cm³/mol. The molecule has 0 saturated carbocycles. The molecule has 0 aromatic rings. The maximum Gasteiger partial charge on any atom is 2.00 e. The molecule has 10 heavy (non-hydrogen) atoms. The number of carbonyl (C=O) groups excluding carboxylic acids is 2. The first-order valence-electron chi connectivity index (χ1n) is 1.29. The van der Waals surface area contributed by atoms with E-state index in [2.05, 4.69) is 0 Å². The first-order valence-corrected chi connectivity index (χ1v) is 1.29. The van der Waals surface area contributed by atoms with Gasteiger partial charge in [0.25, 0.3) is 0 Å². The second-order valence-corrected chi connectivity index (χ2v) is 0.575. The van der Waals surface area contributed by atoms with E-state index in [0.717, 1.165) is 0 Å². The molecule has 7 heteroatoms. The Balaban J connectivity index is -0.0000000412. The minimum Gasteiger partial charge on any atom is -0.543 e. The van der Waals surface area contributed by atoms with Crippen molar-refractivity contribution < 1.29 is 53.7 Å². The SMILES string of the molecule is O=C([O-])C(=O)[O-].[C-]#N.[Cr+2].[Ni+2]. The zero-order chi connectivity index (χ0) is 7.15. The fourth-order valence-corrected chi connectivity index (χ4v) is 0. The third-order valence-electron chi connectivity index (χ3n) is 0.167. The second kappa shape index (κ2) is 15.8. The van der Waals surface area contributed by atoms with Crippen molar-refractivity contribution in [2.24, 2.45) is 0 Å². The van der Waals surface area contributed by atoms with Crippen LogP contribution in [0.3, 0.4) is 0 Å². The number of hydrogen-bond donors (Lipinski definition) is 0. The molecule has 0 aromatic carbocycles. The standard InChI is InChI=1S/C2H2O4.CN.Cr.Ni/c3-1(4)2(5)6;1-2;;/h(H,3,4)(H,5,6);;;/q;-1;2*+2/p-2. The van der Waals surface area contributed by atoms with Crippen LogP contribution < -0.4 is 10.2 Å². The Morgan fingerprint density at radius 3 is 1.20 bits per heavy atom. The van der Waals surface area contributed by atoms with E-state index in [-0.39, 0.29) is 33.9 Å². The summed E-state index contributed by atoms with van der Waals surface area (Å²) >= 11 is 0. The van der Waals surface area contributed by atoms with E-state index in [1.807, 2.05) is 0 Å². The number of hydrogen-bond acceptors (Lipinski definition) is 5. The van der Waals surface area contributed by atoms with Crippen molar-refractivity contribution in [3.8, 4) is 0 Å². The van der Waals surface area contributed by atoms with E-state index in [9.17, 15) is 0 Å². The van der Waals surface area contributed by atoms with E-state index in [1.165, 1.54) is 0 Å². The van der Waals surface area contributed by atoms with Crippen LogP contribution in [0.5, 0.6) is 0 Å². The summed E-state index contributed by atoms with van der Waals surface area (Å²) in [6.07, 6.45) is 0. The second-order valence-electron chi connectivity index (χ2n) is 0.575. The van der Waals surface area contributed by atoms with Crippen molar-refractivity contribution in [2.45, 2.75) is 0 Å². The van der Waals surface area contributed by atoms with E-state index in [4.69, 9.17) is 31.6 Å². The fraction of sp³-hybridized carbons (Fsp3) is 0. The van der Waals surface area contributed by atoms with Gasteiger partial charge in [-0.1, -0.05) is 0 Å². The Hall–Kier alpha value is -0.544. The van der Waals surface area contributed by atoms with Gasteiger partial charge in [-0.25, -0.2) is 0 Å². The quantitative estimate of drug-likeness (QED) is 0.242. The van der Waals surface area contributed by atoms with Gasteiger partial charge >= 0.3 is 33.9 Å². The Morgan fingerprint density at radius 2 is 1.20 bits per heavy atom. The molecule has 0 aliphatic carbocycles. The van der Waals surface area contributed by atoms with Gasteiger partial charge in [-0.2, -0.15) is 0 Å². The largest absolute Gasteiger partial charge is 2.00 e. The summed E-state index contributed by atoms with van der Waals surface area (Å²) in [4.78, 5) is 17.9. The van der Waals surface area contributed by atoms with Gasteiger partial charge in [0.1, 0.15) is 0 Å². The summed E-state index contributed by atoms with van der Waals surface area (Å²) in [6.45, 7) is 4.75. The van der Waals surface area contributed by atoms with Crippen LogP contribution in [0.15, 0.2) is 0 Å². The molecule has 0 aromatic heterocycles. The van der Waals surface area contributed by atoms with E-state index in [0.29, 0.717) is 0 Å². The molecule has 0 unspecified atom stereocenters. The smallest absolute Gasteiger partial charge is 0.543 e. The van der Waals surface area contributed by atoms with Crippen molar-refractivity contribution >= 4 is 11.9 Å². The molecule has 56 valence electrons. The average Bonchev–Trinajstić information content (AvgIpc) is 1.72. The fourth-order valence-electron chi connectivity index (χ4n) is 0. The van der Waals surface area contributed by atoms with Gasteiger partial charge in [-0.15, -0.1) is 0 Å². The third-order valence-corrected chi connectivity index (χ3v) is 0.167. The predicted octanol–water partition coefficient (Wildman–Crippen LogP) is -3.42. The summed E-state index contributed by atoms with van der Waals surface area (Å²) < 4.78 is 0. The van der Waals surface area contributed by atoms with Crippen LogP contribution >= 0.6 is 0 Å². The molecule has 0 rings (SSSR count). The molecule has 0 aliphatic heterocycles. The van der Waals surface area contributed by atoms with Crippen molar-refractivity contribution in [1.29, 1.82) is 5.26 Å². The first-order chi connectivity index (χ1) is 3.64. The van der Waals surface area contributed by atoms with Crippen LogP contribution in [0.2, 0.25) is 0 Å². The van der Waals surface area contributed by atoms with Gasteiger partial charge in [0, 0.05) is 0 Å². The summed E-state index contributed by atoms with van der Waals surface area (Å²) in [5.74, 6) is -4.37. The van der Waals surface area contributed by atoms with Gasteiger partial charge in [-0.05, 0) is 0 Å². The van der Waals surface area contributed by atoms with Crippen LogP contribution in [0.1, 0.15) is 0 Å². The van der Waals surface area contributed by atoms with Gasteiger partial charge in [-0.3, -0.25) is 0 Å². The van der Waals surface area contributed by atoms with Crippen molar-refractivity contribution in [3.05, 3.63) is 6.57 Å². The molecular weight excluding hydrogens is 225 g/mol. The maximum atomic E-state index is 8.93. The summed E-state index contributed by atoms with van der Waals surface area (Å²) in [5, 5.41) is 24.1. The number of carboxylic acids is 2. The monoisotopic (exact) mass is 224 g/mol. The zero-order valence-electron chi connectivity index (χ0n) is 4.30. The molecule has 0 radical (unpaired) electrons. The summed E-state index contributed by atoms with van der Waals surface area (Å²) in [6, 6.07) is 0. The molecule has 0 bridgehead atoms.